The van der Waals surface area contributed by atoms with Crippen molar-refractivity contribution < 1.29 is 9.26 Å². The Balaban J connectivity index is 1.55. The molecule has 1 saturated heterocycles. The first kappa shape index (κ1) is 15.4. The average molecular weight is 309 g/mol. The third-order valence-electron chi connectivity index (χ3n) is 4.86. The Morgan fingerprint density at radius 1 is 1.14 bits per heavy atom. The molecule has 1 saturated carbocycles. The molecule has 1 aliphatic carbocycles. The molecule has 3 nitrogen and oxygen atoms in total. The van der Waals surface area contributed by atoms with Gasteiger partial charge in [-0.25, -0.2) is 0 Å². The number of hydrogen-bond donors (Lipinski definition) is 0. The van der Waals surface area contributed by atoms with Gasteiger partial charge in [0, 0.05) is 23.0 Å². The van der Waals surface area contributed by atoms with Crippen molar-refractivity contribution in [3.05, 3.63) is 17.0 Å². The lowest BCUT2D eigenvalue weighted by Gasteiger charge is -2.20. The number of thioether (sulfide) groups is 1. The largest absolute Gasteiger partial charge is 0.374 e. The lowest BCUT2D eigenvalue weighted by atomic mass is 9.86. The lowest BCUT2D eigenvalue weighted by Crippen LogP contribution is -2.11. The van der Waals surface area contributed by atoms with E-state index in [9.17, 15) is 0 Å². The van der Waals surface area contributed by atoms with Crippen LogP contribution in [0.5, 0.6) is 0 Å². The van der Waals surface area contributed by atoms with Crippen molar-refractivity contribution in [2.24, 2.45) is 0 Å². The summed E-state index contributed by atoms with van der Waals surface area (Å²) in [6.45, 7) is 4.26. The van der Waals surface area contributed by atoms with Crippen LogP contribution in [-0.2, 0) is 10.5 Å². The van der Waals surface area contributed by atoms with Crippen LogP contribution in [0.4, 0.5) is 0 Å². The molecule has 0 amide bonds. The van der Waals surface area contributed by atoms with Crippen LogP contribution in [-0.4, -0.2) is 23.1 Å². The number of ether oxygens (including phenoxy) is 1. The predicted molar refractivity (Wildman–Crippen MR) is 86.8 cm³/mol. The zero-order valence-corrected chi connectivity index (χ0v) is 14.1. The second-order valence-electron chi connectivity index (χ2n) is 6.61. The fourth-order valence-corrected chi connectivity index (χ4v) is 4.75. The Bertz CT molecular complexity index is 454. The van der Waals surface area contributed by atoms with E-state index in [4.69, 9.17) is 9.26 Å². The molecule has 118 valence electrons. The van der Waals surface area contributed by atoms with Crippen LogP contribution < -0.4 is 0 Å². The number of aromatic nitrogens is 1. The van der Waals surface area contributed by atoms with Gasteiger partial charge in [0.25, 0.3) is 0 Å². The topological polar surface area (TPSA) is 35.3 Å². The molecule has 4 heteroatoms. The van der Waals surface area contributed by atoms with Crippen LogP contribution in [0.15, 0.2) is 4.52 Å². The van der Waals surface area contributed by atoms with E-state index in [1.807, 2.05) is 11.8 Å². The van der Waals surface area contributed by atoms with Crippen molar-refractivity contribution in [2.45, 2.75) is 82.7 Å². The van der Waals surface area contributed by atoms with Crippen LogP contribution >= 0.6 is 11.8 Å². The Morgan fingerprint density at radius 2 is 1.95 bits per heavy atom. The Kier molecular flexibility index (Phi) is 5.28. The third kappa shape index (κ3) is 3.84. The minimum Gasteiger partial charge on any atom is -0.374 e. The van der Waals surface area contributed by atoms with E-state index in [0.29, 0.717) is 18.1 Å². The van der Waals surface area contributed by atoms with Crippen molar-refractivity contribution >= 4 is 11.8 Å². The molecule has 0 N–H and O–H groups in total. The summed E-state index contributed by atoms with van der Waals surface area (Å²) >= 11 is 1.98. The maximum absolute atomic E-state index is 5.90. The molecular weight excluding hydrogens is 282 g/mol. The van der Waals surface area contributed by atoms with Gasteiger partial charge in [-0.15, -0.1) is 0 Å². The zero-order valence-electron chi connectivity index (χ0n) is 13.3. The quantitative estimate of drug-likeness (QED) is 0.780. The molecule has 2 aliphatic rings. The summed E-state index contributed by atoms with van der Waals surface area (Å²) in [5.41, 5.74) is 2.45. The van der Waals surface area contributed by atoms with E-state index in [1.165, 1.54) is 56.3 Å². The molecule has 1 aliphatic heterocycles. The van der Waals surface area contributed by atoms with Gasteiger partial charge in [0.15, 0.2) is 0 Å². The average Bonchev–Trinajstić information content (AvgIpc) is 3.07. The highest BCUT2D eigenvalue weighted by Crippen LogP contribution is 2.37. The van der Waals surface area contributed by atoms with Crippen molar-refractivity contribution in [1.82, 2.24) is 5.16 Å². The minimum absolute atomic E-state index is 0.447. The maximum atomic E-state index is 5.90. The summed E-state index contributed by atoms with van der Waals surface area (Å²) < 4.78 is 11.6. The molecule has 2 fully saturated rings. The van der Waals surface area contributed by atoms with Crippen LogP contribution in [0.1, 0.15) is 74.8 Å². The minimum atomic E-state index is 0.447. The van der Waals surface area contributed by atoms with Crippen molar-refractivity contribution in [1.29, 1.82) is 0 Å². The molecule has 2 unspecified atom stereocenters. The van der Waals surface area contributed by atoms with Gasteiger partial charge < -0.3 is 9.26 Å². The molecule has 2 atom stereocenters. The van der Waals surface area contributed by atoms with Gasteiger partial charge in [-0.3, -0.25) is 0 Å². The van der Waals surface area contributed by atoms with E-state index in [2.05, 4.69) is 19.0 Å². The summed E-state index contributed by atoms with van der Waals surface area (Å²) in [7, 11) is 0. The van der Waals surface area contributed by atoms with Crippen molar-refractivity contribution in [3.8, 4) is 0 Å². The summed E-state index contributed by atoms with van der Waals surface area (Å²) in [4.78, 5) is 0. The van der Waals surface area contributed by atoms with Gasteiger partial charge in [-0.1, -0.05) is 24.4 Å². The zero-order chi connectivity index (χ0) is 14.7. The smallest absolute Gasteiger partial charge is 0.144 e. The standard InChI is InChI=1S/C17H27NO2S/c1-12-8-9-15(19-12)10-21-11-16-13(2)18-20-17(16)14-6-4-3-5-7-14/h12,14-15H,3-11H2,1-2H3. The van der Waals surface area contributed by atoms with Crippen LogP contribution in [0, 0.1) is 6.92 Å². The monoisotopic (exact) mass is 309 g/mol. The SMILES string of the molecule is Cc1noc(C2CCCCC2)c1CSCC1CCC(C)O1. The normalized spacial score (nSPS) is 27.3. The lowest BCUT2D eigenvalue weighted by molar-refractivity contribution is 0.0700. The highest BCUT2D eigenvalue weighted by molar-refractivity contribution is 7.98. The first-order valence-corrected chi connectivity index (χ1v) is 9.57. The van der Waals surface area contributed by atoms with E-state index in [-0.39, 0.29) is 0 Å². The van der Waals surface area contributed by atoms with E-state index in [0.717, 1.165) is 17.2 Å². The summed E-state index contributed by atoms with van der Waals surface area (Å²) in [6.07, 6.45) is 9.93. The van der Waals surface area contributed by atoms with Crippen LogP contribution in [0.3, 0.4) is 0 Å². The van der Waals surface area contributed by atoms with Gasteiger partial charge in [0.1, 0.15) is 5.76 Å². The van der Waals surface area contributed by atoms with E-state index < -0.39 is 0 Å². The van der Waals surface area contributed by atoms with E-state index >= 15 is 0 Å². The van der Waals surface area contributed by atoms with Gasteiger partial charge in [0.05, 0.1) is 17.9 Å². The van der Waals surface area contributed by atoms with Crippen molar-refractivity contribution in [3.63, 3.8) is 0 Å². The van der Waals surface area contributed by atoms with Crippen LogP contribution in [0.25, 0.3) is 0 Å². The molecule has 2 heterocycles. The number of hydrogen-bond acceptors (Lipinski definition) is 4. The molecular formula is C17H27NO2S. The van der Waals surface area contributed by atoms with Crippen LogP contribution in [0.2, 0.25) is 0 Å². The summed E-state index contributed by atoms with van der Waals surface area (Å²) in [5.74, 6) is 3.91. The molecule has 1 aromatic rings. The molecule has 0 radical (unpaired) electrons. The Labute approximate surface area is 132 Å². The first-order valence-electron chi connectivity index (χ1n) is 8.42. The predicted octanol–water partition coefficient (Wildman–Crippen LogP) is 4.83. The molecule has 3 rings (SSSR count). The number of nitrogens with zero attached hydrogens (tertiary/aromatic N) is 1. The summed E-state index contributed by atoms with van der Waals surface area (Å²) in [5, 5.41) is 4.23. The molecule has 0 bridgehead atoms. The molecule has 21 heavy (non-hydrogen) atoms. The Morgan fingerprint density at radius 3 is 2.67 bits per heavy atom. The Hall–Kier alpha value is -0.480. The van der Waals surface area contributed by atoms with Gasteiger partial charge >= 0.3 is 0 Å². The van der Waals surface area contributed by atoms with E-state index in [1.54, 1.807) is 0 Å². The van der Waals surface area contributed by atoms with Gasteiger partial charge in [-0.2, -0.15) is 11.8 Å². The third-order valence-corrected chi connectivity index (χ3v) is 5.96. The second kappa shape index (κ2) is 7.19. The van der Waals surface area contributed by atoms with Crippen molar-refractivity contribution in [2.75, 3.05) is 5.75 Å². The molecule has 1 aromatic heterocycles. The van der Waals surface area contributed by atoms with Gasteiger partial charge in [0.2, 0.25) is 0 Å². The highest BCUT2D eigenvalue weighted by Gasteiger charge is 2.25. The summed E-state index contributed by atoms with van der Waals surface area (Å²) in [6, 6.07) is 0. The molecule has 0 spiro atoms. The van der Waals surface area contributed by atoms with Gasteiger partial charge in [-0.05, 0) is 39.5 Å². The number of rotatable bonds is 5. The number of aryl methyl sites for hydroxylation is 1. The molecule has 0 aromatic carbocycles. The first-order chi connectivity index (χ1) is 10.2. The second-order valence-corrected chi connectivity index (χ2v) is 7.64. The fraction of sp³-hybridized carbons (Fsp3) is 0.824. The fourth-order valence-electron chi connectivity index (χ4n) is 3.57. The highest BCUT2D eigenvalue weighted by atomic mass is 32.2. The maximum Gasteiger partial charge on any atom is 0.144 e.